The van der Waals surface area contributed by atoms with E-state index in [1.807, 2.05) is 0 Å². The van der Waals surface area contributed by atoms with Gasteiger partial charge >= 0.3 is 148 Å². The summed E-state index contributed by atoms with van der Waals surface area (Å²) in [7, 11) is 0. The number of allylic oxidation sites excluding steroid dienone is 2. The van der Waals surface area contributed by atoms with Gasteiger partial charge in [-0.1, -0.05) is 0 Å². The van der Waals surface area contributed by atoms with E-state index in [2.05, 4.69) is 111 Å². The van der Waals surface area contributed by atoms with Gasteiger partial charge in [-0.05, 0) is 0 Å². The molecule has 0 heterocycles. The van der Waals surface area contributed by atoms with Gasteiger partial charge in [0.1, 0.15) is 0 Å². The summed E-state index contributed by atoms with van der Waals surface area (Å²) in [5.41, 5.74) is 1.39. The van der Waals surface area contributed by atoms with E-state index in [9.17, 15) is 0 Å². The summed E-state index contributed by atoms with van der Waals surface area (Å²) in [5, 5.41) is 1.12. The topological polar surface area (TPSA) is 0 Å². The van der Waals surface area contributed by atoms with Crippen molar-refractivity contribution in [3.05, 3.63) is 103 Å². The average Bonchev–Trinajstić information content (AvgIpc) is 2.65. The summed E-state index contributed by atoms with van der Waals surface area (Å²) in [6, 6.07) is 33.4. The summed E-state index contributed by atoms with van der Waals surface area (Å²) in [4.78, 5) is 0. The van der Waals surface area contributed by atoms with Crippen LogP contribution in [0.3, 0.4) is 0 Å². The van der Waals surface area contributed by atoms with E-state index >= 15 is 0 Å². The Bertz CT molecular complexity index is 689. The average molecular weight is 375 g/mol. The van der Waals surface area contributed by atoms with Crippen LogP contribution in [-0.4, -0.2) is 13.6 Å². The summed E-state index contributed by atoms with van der Waals surface area (Å²) < 4.78 is 4.52. The summed E-state index contributed by atoms with van der Waals surface area (Å²) in [6.07, 6.45) is 2.43. The molecule has 0 aliphatic rings. The van der Waals surface area contributed by atoms with Gasteiger partial charge in [-0.15, -0.1) is 0 Å². The molecule has 0 unspecified atom stereocenters. The molecule has 0 atom stereocenters. The van der Waals surface area contributed by atoms with Crippen LogP contribution in [0.15, 0.2) is 103 Å². The fourth-order valence-corrected chi connectivity index (χ4v) is 12.0. The predicted molar refractivity (Wildman–Crippen MR) is 108 cm³/mol. The Kier molecular flexibility index (Phi) is 5.38. The Hall–Kier alpha value is -2.04. The first-order chi connectivity index (χ1) is 11.7. The molecule has 120 valence electrons. The fraction of sp³-hybridized carbons (Fsp3) is 0.130. The van der Waals surface area contributed by atoms with Gasteiger partial charge in [0.05, 0.1) is 0 Å². The van der Waals surface area contributed by atoms with E-state index in [0.717, 1.165) is 5.21 Å². The molecule has 0 fully saturated rings. The normalized spacial score (nSPS) is 11.1. The van der Waals surface area contributed by atoms with Crippen LogP contribution in [0.2, 0.25) is 5.21 Å². The molecule has 3 aromatic carbocycles. The Morgan fingerprint density at radius 1 is 0.625 bits per heavy atom. The van der Waals surface area contributed by atoms with Gasteiger partial charge in [-0.25, -0.2) is 0 Å². The van der Waals surface area contributed by atoms with E-state index in [0.29, 0.717) is 0 Å². The molecule has 0 nitrogen and oxygen atoms in total. The monoisotopic (exact) mass is 375 g/mol. The quantitative estimate of drug-likeness (QED) is 0.465. The van der Waals surface area contributed by atoms with E-state index in [1.165, 1.54) is 18.6 Å². The second-order valence-electron chi connectivity index (χ2n) is 6.28. The Morgan fingerprint density at radius 2 is 0.958 bits per heavy atom. The zero-order valence-electron chi connectivity index (χ0n) is 14.4. The van der Waals surface area contributed by atoms with Crippen LogP contribution in [0, 0.1) is 0 Å². The summed E-state index contributed by atoms with van der Waals surface area (Å²) in [6.45, 7) is 4.40. The minimum absolute atomic E-state index is 1.12. The van der Waals surface area contributed by atoms with E-state index in [4.69, 9.17) is 0 Å². The molecule has 0 saturated heterocycles. The first kappa shape index (κ1) is 16.8. The molecule has 0 aromatic heterocycles. The maximum atomic E-state index is 2.43. The number of benzene rings is 3. The minimum atomic E-state index is -2.51. The van der Waals surface area contributed by atoms with E-state index in [1.54, 1.807) is 0 Å². The molecule has 0 aliphatic heterocycles. The summed E-state index contributed by atoms with van der Waals surface area (Å²) >= 11 is -2.51. The van der Waals surface area contributed by atoms with Crippen molar-refractivity contribution in [3.63, 3.8) is 0 Å². The molecule has 0 spiro atoms. The summed E-state index contributed by atoms with van der Waals surface area (Å²) in [5.74, 6) is 0. The molecule has 24 heavy (non-hydrogen) atoms. The van der Waals surface area contributed by atoms with Crippen LogP contribution < -0.4 is 13.1 Å². The van der Waals surface area contributed by atoms with Crippen LogP contribution in [0.1, 0.15) is 13.8 Å². The standard InChI is InChI=1S/C23H24As/c1-20(2)18-19-24(21-12-6-3-7-13-21,22-14-8-4-9-15-22)23-16-10-5-11-17-23/h3-18H,19H2,1-2H3/q+1. The van der Waals surface area contributed by atoms with Gasteiger partial charge in [0.15, 0.2) is 0 Å². The molecule has 0 amide bonds. The van der Waals surface area contributed by atoms with Crippen LogP contribution in [0.5, 0.6) is 0 Å². The first-order valence-electron chi connectivity index (χ1n) is 8.42. The van der Waals surface area contributed by atoms with Gasteiger partial charge < -0.3 is 0 Å². The zero-order chi connectivity index (χ0) is 16.8. The fourth-order valence-electron chi connectivity index (χ4n) is 3.13. The third-order valence-corrected chi connectivity index (χ3v) is 13.3. The molecule has 0 aliphatic carbocycles. The van der Waals surface area contributed by atoms with Crippen molar-refractivity contribution in [1.82, 2.24) is 0 Å². The molecule has 0 N–H and O–H groups in total. The van der Waals surface area contributed by atoms with Crippen molar-refractivity contribution in [2.45, 2.75) is 19.1 Å². The first-order valence-corrected chi connectivity index (χ1v) is 12.6. The van der Waals surface area contributed by atoms with Crippen LogP contribution >= 0.6 is 0 Å². The molecule has 0 bridgehead atoms. The molecule has 0 radical (unpaired) electrons. The van der Waals surface area contributed by atoms with Crippen molar-refractivity contribution in [3.8, 4) is 0 Å². The van der Waals surface area contributed by atoms with Crippen LogP contribution in [0.25, 0.3) is 0 Å². The molecule has 3 aromatic rings. The molecular formula is C23H24As+. The zero-order valence-corrected chi connectivity index (χ0v) is 16.3. The van der Waals surface area contributed by atoms with E-state index < -0.39 is 13.6 Å². The number of hydrogen-bond acceptors (Lipinski definition) is 0. The van der Waals surface area contributed by atoms with Crippen molar-refractivity contribution in [2.75, 3.05) is 0 Å². The molecule has 1 heteroatoms. The third-order valence-electron chi connectivity index (χ3n) is 4.36. The molecule has 3 rings (SSSR count). The van der Waals surface area contributed by atoms with Crippen LogP contribution in [0.4, 0.5) is 0 Å². The number of hydrogen-bond donors (Lipinski definition) is 0. The second kappa shape index (κ2) is 7.69. The van der Waals surface area contributed by atoms with Crippen molar-refractivity contribution >= 4 is 26.6 Å². The Morgan fingerprint density at radius 3 is 1.25 bits per heavy atom. The predicted octanol–water partition coefficient (Wildman–Crippen LogP) is 4.12. The SMILES string of the molecule is CC(C)=CC[As+](c1ccccc1)(c1ccccc1)c1ccccc1. The third kappa shape index (κ3) is 3.40. The second-order valence-corrected chi connectivity index (χ2v) is 13.7. The van der Waals surface area contributed by atoms with Crippen LogP contribution in [-0.2, 0) is 0 Å². The van der Waals surface area contributed by atoms with Gasteiger partial charge in [-0.3, -0.25) is 0 Å². The van der Waals surface area contributed by atoms with Crippen molar-refractivity contribution in [2.24, 2.45) is 0 Å². The van der Waals surface area contributed by atoms with E-state index in [-0.39, 0.29) is 0 Å². The van der Waals surface area contributed by atoms with Crippen molar-refractivity contribution < 1.29 is 0 Å². The van der Waals surface area contributed by atoms with Gasteiger partial charge in [0.25, 0.3) is 0 Å². The Labute approximate surface area is 148 Å². The maximum absolute atomic E-state index is 2.51. The van der Waals surface area contributed by atoms with Crippen molar-refractivity contribution in [1.29, 1.82) is 0 Å². The molecule has 0 saturated carbocycles. The van der Waals surface area contributed by atoms with Gasteiger partial charge in [0, 0.05) is 0 Å². The van der Waals surface area contributed by atoms with Gasteiger partial charge in [0.2, 0.25) is 0 Å². The Balaban J connectivity index is 2.30. The van der Waals surface area contributed by atoms with Gasteiger partial charge in [-0.2, -0.15) is 0 Å². The number of rotatable bonds is 5. The molecular weight excluding hydrogens is 351 g/mol.